The summed E-state index contributed by atoms with van der Waals surface area (Å²) in [7, 11) is 0. The van der Waals surface area contributed by atoms with Crippen LogP contribution < -0.4 is 0 Å². The maximum absolute atomic E-state index is 12.3. The summed E-state index contributed by atoms with van der Waals surface area (Å²) in [4.78, 5) is 28.0. The van der Waals surface area contributed by atoms with E-state index in [1.54, 1.807) is 4.90 Å². The topological polar surface area (TPSA) is 59.1 Å². The van der Waals surface area contributed by atoms with Crippen molar-refractivity contribution in [3.8, 4) is 0 Å². The summed E-state index contributed by atoms with van der Waals surface area (Å²) in [5.41, 5.74) is -0.817. The molecule has 1 spiro atoms. The van der Waals surface area contributed by atoms with E-state index < -0.39 is 11.7 Å². The summed E-state index contributed by atoms with van der Waals surface area (Å²) in [5, 5.41) is 0. The van der Waals surface area contributed by atoms with Gasteiger partial charge in [0.25, 0.3) is 5.91 Å². The quantitative estimate of drug-likeness (QED) is 0.742. The van der Waals surface area contributed by atoms with Crippen LogP contribution in [0.1, 0.15) is 53.9 Å². The van der Waals surface area contributed by atoms with Crippen molar-refractivity contribution >= 4 is 12.0 Å². The van der Waals surface area contributed by atoms with Crippen molar-refractivity contribution in [1.29, 1.82) is 0 Å². The molecule has 0 unspecified atom stereocenters. The normalized spacial score (nSPS) is 29.6. The lowest BCUT2D eigenvalue weighted by molar-refractivity contribution is -0.182. The van der Waals surface area contributed by atoms with Gasteiger partial charge in [0, 0.05) is 26.2 Å². The van der Waals surface area contributed by atoms with Crippen molar-refractivity contribution in [2.75, 3.05) is 26.2 Å². The molecular weight excluding hydrogens is 296 g/mol. The molecule has 0 saturated carbocycles. The van der Waals surface area contributed by atoms with Crippen LogP contribution in [0.15, 0.2) is 0 Å². The highest BCUT2D eigenvalue weighted by Gasteiger charge is 2.44. The Morgan fingerprint density at radius 2 is 2.04 bits per heavy atom. The van der Waals surface area contributed by atoms with Crippen molar-refractivity contribution in [3.05, 3.63) is 0 Å². The number of likely N-dealkylation sites (tertiary alicyclic amines) is 1. The Kier molecular flexibility index (Phi) is 5.23. The van der Waals surface area contributed by atoms with Gasteiger partial charge in [0.05, 0.1) is 5.60 Å². The van der Waals surface area contributed by atoms with Gasteiger partial charge in [-0.3, -0.25) is 4.79 Å². The fourth-order valence-corrected chi connectivity index (χ4v) is 3.37. The van der Waals surface area contributed by atoms with Gasteiger partial charge in [0.2, 0.25) is 0 Å². The van der Waals surface area contributed by atoms with Crippen molar-refractivity contribution in [1.82, 2.24) is 9.80 Å². The Hall–Kier alpha value is -1.30. The molecule has 0 N–H and O–H groups in total. The molecule has 2 amide bonds. The molecule has 23 heavy (non-hydrogen) atoms. The highest BCUT2D eigenvalue weighted by molar-refractivity contribution is 5.81. The number of morpholine rings is 1. The summed E-state index contributed by atoms with van der Waals surface area (Å²) in [5.74, 6) is 0.0615. The van der Waals surface area contributed by atoms with Gasteiger partial charge in [-0.05, 0) is 53.9 Å². The molecule has 0 aromatic heterocycles. The van der Waals surface area contributed by atoms with Crippen LogP contribution in [-0.4, -0.2) is 65.3 Å². The molecule has 6 heteroatoms. The van der Waals surface area contributed by atoms with Gasteiger partial charge in [-0.1, -0.05) is 0 Å². The lowest BCUT2D eigenvalue weighted by Crippen LogP contribution is -2.58. The third-order valence-corrected chi connectivity index (χ3v) is 4.50. The molecule has 2 fully saturated rings. The molecule has 2 aliphatic rings. The molecule has 2 saturated heterocycles. The molecule has 132 valence electrons. The molecular formula is C17H30N2O4. The largest absolute Gasteiger partial charge is 0.444 e. The van der Waals surface area contributed by atoms with Crippen molar-refractivity contribution in [2.24, 2.45) is 0 Å². The molecule has 0 aromatic carbocycles. The fraction of sp³-hybridized carbons (Fsp3) is 0.882. The third kappa shape index (κ3) is 4.37. The molecule has 0 bridgehead atoms. The Morgan fingerprint density at radius 3 is 2.65 bits per heavy atom. The minimum atomic E-state index is -0.484. The second kappa shape index (κ2) is 6.67. The van der Waals surface area contributed by atoms with Gasteiger partial charge >= 0.3 is 6.09 Å². The highest BCUT2D eigenvalue weighted by Crippen LogP contribution is 2.33. The summed E-state index contributed by atoms with van der Waals surface area (Å²) < 4.78 is 11.6. The van der Waals surface area contributed by atoms with Gasteiger partial charge in [0.15, 0.2) is 0 Å². The first-order valence-corrected chi connectivity index (χ1v) is 8.60. The standard InChI is InChI=1S/C17H30N2O4/c1-6-18-12-17(22-13(2)14(18)20)8-7-10-19(11-9-17)15(21)23-16(3,4)5/h13H,6-12H2,1-5H3/t13-,17-/m0/s1. The summed E-state index contributed by atoms with van der Waals surface area (Å²) in [6.07, 6.45) is 1.79. The molecule has 0 aromatic rings. The molecule has 6 nitrogen and oxygen atoms in total. The zero-order valence-electron chi connectivity index (χ0n) is 15.1. The first kappa shape index (κ1) is 18.0. The summed E-state index contributed by atoms with van der Waals surface area (Å²) >= 11 is 0. The first-order chi connectivity index (χ1) is 10.7. The minimum absolute atomic E-state index is 0.0615. The van der Waals surface area contributed by atoms with Crippen LogP contribution >= 0.6 is 0 Å². The third-order valence-electron chi connectivity index (χ3n) is 4.50. The van der Waals surface area contributed by atoms with Gasteiger partial charge in [0.1, 0.15) is 11.7 Å². The summed E-state index contributed by atoms with van der Waals surface area (Å²) in [6, 6.07) is 0. The van der Waals surface area contributed by atoms with E-state index in [-0.39, 0.29) is 17.6 Å². The molecule has 2 rings (SSSR count). The smallest absolute Gasteiger partial charge is 0.410 e. The predicted octanol–water partition coefficient (Wildman–Crippen LogP) is 2.41. The van der Waals surface area contributed by atoms with Crippen LogP contribution in [0.25, 0.3) is 0 Å². The lowest BCUT2D eigenvalue weighted by Gasteiger charge is -2.44. The number of ether oxygens (including phenoxy) is 2. The van der Waals surface area contributed by atoms with E-state index in [0.29, 0.717) is 26.2 Å². The van der Waals surface area contributed by atoms with E-state index in [4.69, 9.17) is 9.47 Å². The number of hydrogen-bond acceptors (Lipinski definition) is 4. The number of hydrogen-bond donors (Lipinski definition) is 0. The van der Waals surface area contributed by atoms with E-state index in [1.165, 1.54) is 0 Å². The second-order valence-corrected chi connectivity index (χ2v) is 7.62. The van der Waals surface area contributed by atoms with Crippen LogP contribution in [0.3, 0.4) is 0 Å². The van der Waals surface area contributed by atoms with E-state index in [2.05, 4.69) is 0 Å². The fourth-order valence-electron chi connectivity index (χ4n) is 3.37. The van der Waals surface area contributed by atoms with E-state index in [9.17, 15) is 9.59 Å². The lowest BCUT2D eigenvalue weighted by atomic mass is 9.91. The van der Waals surface area contributed by atoms with Gasteiger partial charge in [-0.25, -0.2) is 4.79 Å². The SMILES string of the molecule is CCN1C[C@@]2(CCCN(C(=O)OC(C)(C)C)CC2)O[C@@H](C)C1=O. The number of nitrogens with zero attached hydrogens (tertiary/aromatic N) is 2. The van der Waals surface area contributed by atoms with Crippen LogP contribution in [0.5, 0.6) is 0 Å². The van der Waals surface area contributed by atoms with Crippen LogP contribution in [0.4, 0.5) is 4.79 Å². The van der Waals surface area contributed by atoms with Crippen molar-refractivity contribution in [3.63, 3.8) is 0 Å². The molecule has 2 aliphatic heterocycles. The molecule has 2 atom stereocenters. The summed E-state index contributed by atoms with van der Waals surface area (Å²) in [6.45, 7) is 12.0. The maximum atomic E-state index is 12.3. The zero-order valence-corrected chi connectivity index (χ0v) is 15.1. The Balaban J connectivity index is 2.03. The van der Waals surface area contributed by atoms with Crippen LogP contribution in [0, 0.1) is 0 Å². The van der Waals surface area contributed by atoms with Crippen LogP contribution in [-0.2, 0) is 14.3 Å². The number of carbonyl (C=O) groups is 2. The van der Waals surface area contributed by atoms with E-state index in [0.717, 1.165) is 19.3 Å². The number of rotatable bonds is 1. The van der Waals surface area contributed by atoms with Gasteiger partial charge in [-0.2, -0.15) is 0 Å². The highest BCUT2D eigenvalue weighted by atomic mass is 16.6. The molecule has 0 radical (unpaired) electrons. The average molecular weight is 326 g/mol. The Morgan fingerprint density at radius 1 is 1.35 bits per heavy atom. The van der Waals surface area contributed by atoms with Gasteiger partial charge in [-0.15, -0.1) is 0 Å². The number of carbonyl (C=O) groups excluding carboxylic acids is 2. The zero-order chi connectivity index (χ0) is 17.3. The predicted molar refractivity (Wildman–Crippen MR) is 87.2 cm³/mol. The van der Waals surface area contributed by atoms with Crippen LogP contribution in [0.2, 0.25) is 0 Å². The molecule has 2 heterocycles. The average Bonchev–Trinajstić information content (AvgIpc) is 2.64. The second-order valence-electron chi connectivity index (χ2n) is 7.62. The molecule has 0 aliphatic carbocycles. The monoisotopic (exact) mass is 326 g/mol. The van der Waals surface area contributed by atoms with Crippen molar-refractivity contribution in [2.45, 2.75) is 71.2 Å². The Labute approximate surface area is 139 Å². The number of amides is 2. The minimum Gasteiger partial charge on any atom is -0.444 e. The van der Waals surface area contributed by atoms with Gasteiger partial charge < -0.3 is 19.3 Å². The van der Waals surface area contributed by atoms with E-state index in [1.807, 2.05) is 39.5 Å². The first-order valence-electron chi connectivity index (χ1n) is 8.60. The number of likely N-dealkylation sites (N-methyl/N-ethyl adjacent to an activating group) is 1. The van der Waals surface area contributed by atoms with Crippen molar-refractivity contribution < 1.29 is 19.1 Å². The maximum Gasteiger partial charge on any atom is 0.410 e. The Bertz CT molecular complexity index is 460. The van der Waals surface area contributed by atoms with E-state index >= 15 is 0 Å².